The minimum absolute atomic E-state index is 0.307. The summed E-state index contributed by atoms with van der Waals surface area (Å²) in [6, 6.07) is 3.40. The van der Waals surface area contributed by atoms with Gasteiger partial charge >= 0.3 is 0 Å². The van der Waals surface area contributed by atoms with Crippen LogP contribution in [-0.4, -0.2) is 33.5 Å². The first-order valence-corrected chi connectivity index (χ1v) is 7.43. The molecule has 0 bridgehead atoms. The number of nitrogens with zero attached hydrogens (tertiary/aromatic N) is 1. The second-order valence-corrected chi connectivity index (χ2v) is 5.99. The van der Waals surface area contributed by atoms with Crippen LogP contribution in [0.15, 0.2) is 12.1 Å². The summed E-state index contributed by atoms with van der Waals surface area (Å²) in [6.07, 6.45) is 0.608. The smallest absolute Gasteiger partial charge is 0.277 e. The van der Waals surface area contributed by atoms with Gasteiger partial charge in [0.15, 0.2) is 11.5 Å². The van der Waals surface area contributed by atoms with Gasteiger partial charge in [-0.1, -0.05) is 0 Å². The summed E-state index contributed by atoms with van der Waals surface area (Å²) in [5.41, 5.74) is 1.96. The fourth-order valence-electron chi connectivity index (χ4n) is 2.47. The molecule has 0 aromatic heterocycles. The van der Waals surface area contributed by atoms with E-state index in [0.29, 0.717) is 24.5 Å². The average molecular weight is 286 g/mol. The minimum atomic E-state index is -3.69. The van der Waals surface area contributed by atoms with Crippen LogP contribution in [0.5, 0.6) is 11.5 Å². The molecule has 1 aliphatic heterocycles. The molecule has 1 atom stereocenters. The highest BCUT2D eigenvalue weighted by atomic mass is 32.2. The molecule has 0 aliphatic carbocycles. The highest BCUT2D eigenvalue weighted by molar-refractivity contribution is 7.86. The molecule has 0 fully saturated rings. The maximum Gasteiger partial charge on any atom is 0.277 e. The Balaban J connectivity index is 2.49. The van der Waals surface area contributed by atoms with Crippen LogP contribution in [0, 0.1) is 0 Å². The number of methoxy groups -OCH3 is 2. The summed E-state index contributed by atoms with van der Waals surface area (Å²) in [4.78, 5) is 0. The van der Waals surface area contributed by atoms with Crippen molar-refractivity contribution < 1.29 is 17.9 Å². The van der Waals surface area contributed by atoms with Crippen molar-refractivity contribution in [1.29, 1.82) is 0 Å². The first-order chi connectivity index (χ1) is 8.88. The van der Waals surface area contributed by atoms with E-state index in [-0.39, 0.29) is 6.04 Å². The maximum absolute atomic E-state index is 11.5. The van der Waals surface area contributed by atoms with E-state index in [9.17, 15) is 8.42 Å². The largest absolute Gasteiger partial charge is 0.493 e. The SMILES string of the molecule is COc1cc2c(cc1OC)[C@H](C)N(S(N)(=O)=O)CC2. The van der Waals surface area contributed by atoms with Gasteiger partial charge in [0.2, 0.25) is 0 Å². The van der Waals surface area contributed by atoms with Crippen molar-refractivity contribution in [2.75, 3.05) is 20.8 Å². The van der Waals surface area contributed by atoms with Crippen molar-refractivity contribution >= 4 is 10.2 Å². The van der Waals surface area contributed by atoms with E-state index in [2.05, 4.69) is 0 Å². The average Bonchev–Trinajstić information content (AvgIpc) is 2.36. The molecule has 106 valence electrons. The molecule has 1 aromatic carbocycles. The lowest BCUT2D eigenvalue weighted by Crippen LogP contribution is -2.42. The van der Waals surface area contributed by atoms with Crippen LogP contribution in [-0.2, 0) is 16.6 Å². The van der Waals surface area contributed by atoms with Gasteiger partial charge in [-0.3, -0.25) is 0 Å². The summed E-state index contributed by atoms with van der Waals surface area (Å²) < 4.78 is 34.9. The Kier molecular flexibility index (Phi) is 3.71. The molecule has 0 unspecified atom stereocenters. The van der Waals surface area contributed by atoms with Crippen LogP contribution in [0.3, 0.4) is 0 Å². The van der Waals surface area contributed by atoms with Gasteiger partial charge in [0.1, 0.15) is 0 Å². The number of ether oxygens (including phenoxy) is 2. The van der Waals surface area contributed by atoms with Gasteiger partial charge in [-0.2, -0.15) is 12.7 Å². The third-order valence-corrected chi connectivity index (χ3v) is 4.61. The van der Waals surface area contributed by atoms with E-state index in [4.69, 9.17) is 14.6 Å². The summed E-state index contributed by atoms with van der Waals surface area (Å²) in [6.45, 7) is 2.19. The van der Waals surface area contributed by atoms with Gasteiger partial charge in [0.05, 0.1) is 14.2 Å². The van der Waals surface area contributed by atoms with Crippen molar-refractivity contribution in [3.05, 3.63) is 23.3 Å². The molecule has 0 saturated carbocycles. The van der Waals surface area contributed by atoms with E-state index in [1.165, 1.54) is 4.31 Å². The third-order valence-electron chi connectivity index (χ3n) is 3.46. The first kappa shape index (κ1) is 14.1. The lowest BCUT2D eigenvalue weighted by molar-refractivity contribution is 0.319. The second-order valence-electron chi connectivity index (χ2n) is 4.49. The topological polar surface area (TPSA) is 81.9 Å². The van der Waals surface area contributed by atoms with Gasteiger partial charge in [0, 0.05) is 12.6 Å². The van der Waals surface area contributed by atoms with E-state index in [1.54, 1.807) is 14.2 Å². The van der Waals surface area contributed by atoms with Gasteiger partial charge in [-0.25, -0.2) is 5.14 Å². The van der Waals surface area contributed by atoms with Gasteiger partial charge in [-0.05, 0) is 36.6 Å². The van der Waals surface area contributed by atoms with Crippen molar-refractivity contribution in [2.24, 2.45) is 5.14 Å². The molecule has 2 N–H and O–H groups in total. The summed E-state index contributed by atoms with van der Waals surface area (Å²) in [5, 5.41) is 5.23. The number of hydrogen-bond donors (Lipinski definition) is 1. The molecule has 2 rings (SSSR count). The molecule has 0 spiro atoms. The minimum Gasteiger partial charge on any atom is -0.493 e. The lowest BCUT2D eigenvalue weighted by Gasteiger charge is -2.33. The fourth-order valence-corrected chi connectivity index (χ4v) is 3.37. The molecule has 0 amide bonds. The number of rotatable bonds is 3. The van der Waals surface area contributed by atoms with Crippen LogP contribution in [0.1, 0.15) is 24.1 Å². The Morgan fingerprint density at radius 1 is 1.26 bits per heavy atom. The predicted molar refractivity (Wildman–Crippen MR) is 71.5 cm³/mol. The summed E-state index contributed by atoms with van der Waals surface area (Å²) in [5.74, 6) is 1.24. The van der Waals surface area contributed by atoms with E-state index in [1.807, 2.05) is 19.1 Å². The highest BCUT2D eigenvalue weighted by Crippen LogP contribution is 2.38. The van der Waals surface area contributed by atoms with E-state index < -0.39 is 10.2 Å². The molecule has 1 aromatic rings. The Morgan fingerprint density at radius 2 is 1.84 bits per heavy atom. The van der Waals surface area contributed by atoms with Crippen molar-refractivity contribution in [3.63, 3.8) is 0 Å². The van der Waals surface area contributed by atoms with Crippen LogP contribution in [0.25, 0.3) is 0 Å². The third kappa shape index (κ3) is 2.54. The first-order valence-electron chi connectivity index (χ1n) is 5.93. The normalized spacial score (nSPS) is 19.9. The monoisotopic (exact) mass is 286 g/mol. The molecule has 7 heteroatoms. The van der Waals surface area contributed by atoms with E-state index in [0.717, 1.165) is 11.1 Å². The Morgan fingerprint density at radius 3 is 2.37 bits per heavy atom. The zero-order chi connectivity index (χ0) is 14.2. The molecular weight excluding hydrogens is 268 g/mol. The molecular formula is C12H18N2O4S. The summed E-state index contributed by atoms with van der Waals surface area (Å²) >= 11 is 0. The standard InChI is InChI=1S/C12H18N2O4S/c1-8-10-7-12(18-3)11(17-2)6-9(10)4-5-14(8)19(13,15)16/h6-8H,4-5H2,1-3H3,(H2,13,15,16)/t8-/m0/s1. The number of nitrogens with two attached hydrogens (primary N) is 1. The van der Waals surface area contributed by atoms with Gasteiger partial charge < -0.3 is 9.47 Å². The predicted octanol–water partition coefficient (Wildman–Crippen LogP) is 0.826. The second kappa shape index (κ2) is 4.99. The van der Waals surface area contributed by atoms with E-state index >= 15 is 0 Å². The van der Waals surface area contributed by atoms with Crippen molar-refractivity contribution in [1.82, 2.24) is 4.31 Å². The van der Waals surface area contributed by atoms with Crippen molar-refractivity contribution in [2.45, 2.75) is 19.4 Å². The zero-order valence-electron chi connectivity index (χ0n) is 11.2. The molecule has 0 radical (unpaired) electrons. The van der Waals surface area contributed by atoms with Crippen molar-refractivity contribution in [3.8, 4) is 11.5 Å². The Bertz CT molecular complexity index is 586. The molecule has 1 aliphatic rings. The molecule has 6 nitrogen and oxygen atoms in total. The van der Waals surface area contributed by atoms with Crippen LogP contribution in [0.2, 0.25) is 0 Å². The number of fused-ring (bicyclic) bond motifs is 1. The Hall–Kier alpha value is -1.31. The van der Waals surface area contributed by atoms with Crippen LogP contribution < -0.4 is 14.6 Å². The quantitative estimate of drug-likeness (QED) is 0.892. The zero-order valence-corrected chi connectivity index (χ0v) is 12.0. The Labute approximate surface area is 113 Å². The lowest BCUT2D eigenvalue weighted by atomic mass is 9.94. The molecule has 0 saturated heterocycles. The summed E-state index contributed by atoms with van der Waals surface area (Å²) in [7, 11) is -0.564. The molecule has 1 heterocycles. The van der Waals surface area contributed by atoms with Gasteiger partial charge in [-0.15, -0.1) is 0 Å². The highest BCUT2D eigenvalue weighted by Gasteiger charge is 2.31. The number of benzene rings is 1. The van der Waals surface area contributed by atoms with Crippen LogP contribution in [0.4, 0.5) is 0 Å². The maximum atomic E-state index is 11.5. The number of hydrogen-bond acceptors (Lipinski definition) is 4. The van der Waals surface area contributed by atoms with Crippen LogP contribution >= 0.6 is 0 Å². The fraction of sp³-hybridized carbons (Fsp3) is 0.500. The van der Waals surface area contributed by atoms with Gasteiger partial charge in [0.25, 0.3) is 10.2 Å². The molecule has 19 heavy (non-hydrogen) atoms.